The molecular formula is C23H32F2. The maximum atomic E-state index is 13.3. The summed E-state index contributed by atoms with van der Waals surface area (Å²) in [5, 5.41) is 0. The Bertz CT molecular complexity index is 541. The Kier molecular flexibility index (Phi) is 6.67. The smallest absolute Gasteiger partial charge is 0.126 e. The zero-order chi connectivity index (χ0) is 17.6. The fraction of sp³-hybridized carbons (Fsp3) is 0.652. The summed E-state index contributed by atoms with van der Waals surface area (Å²) in [5.41, 5.74) is 0.633. The van der Waals surface area contributed by atoms with Gasteiger partial charge in [-0.1, -0.05) is 44.8 Å². The van der Waals surface area contributed by atoms with Gasteiger partial charge in [0.2, 0.25) is 0 Å². The SMILES string of the molecule is CCCC1CCC(C2CCC(C=Cc3cc(F)cc(F)c3)CC2)CC1. The van der Waals surface area contributed by atoms with Crippen molar-refractivity contribution in [1.82, 2.24) is 0 Å². The van der Waals surface area contributed by atoms with Crippen molar-refractivity contribution in [3.63, 3.8) is 0 Å². The fourth-order valence-corrected chi connectivity index (χ4v) is 5.08. The minimum atomic E-state index is -0.498. The van der Waals surface area contributed by atoms with Gasteiger partial charge in [-0.05, 0) is 79.9 Å². The van der Waals surface area contributed by atoms with Crippen LogP contribution in [0.2, 0.25) is 0 Å². The molecule has 0 amide bonds. The number of hydrogen-bond acceptors (Lipinski definition) is 0. The van der Waals surface area contributed by atoms with E-state index in [0.29, 0.717) is 11.5 Å². The molecule has 25 heavy (non-hydrogen) atoms. The van der Waals surface area contributed by atoms with E-state index in [0.717, 1.165) is 23.8 Å². The van der Waals surface area contributed by atoms with Crippen LogP contribution in [0.15, 0.2) is 24.3 Å². The molecule has 2 saturated carbocycles. The molecule has 0 aliphatic heterocycles. The summed E-state index contributed by atoms with van der Waals surface area (Å²) >= 11 is 0. The largest absolute Gasteiger partial charge is 0.207 e. The van der Waals surface area contributed by atoms with Gasteiger partial charge in [0.1, 0.15) is 11.6 Å². The molecule has 2 fully saturated rings. The molecule has 2 aliphatic rings. The molecule has 0 heterocycles. The van der Waals surface area contributed by atoms with Gasteiger partial charge in [-0.3, -0.25) is 0 Å². The van der Waals surface area contributed by atoms with Crippen molar-refractivity contribution in [3.05, 3.63) is 41.5 Å². The van der Waals surface area contributed by atoms with Gasteiger partial charge in [0.25, 0.3) is 0 Å². The summed E-state index contributed by atoms with van der Waals surface area (Å²) in [5.74, 6) is 2.43. The van der Waals surface area contributed by atoms with Gasteiger partial charge >= 0.3 is 0 Å². The first-order valence-corrected chi connectivity index (χ1v) is 10.3. The summed E-state index contributed by atoms with van der Waals surface area (Å²) in [6.07, 6.45) is 17.7. The van der Waals surface area contributed by atoms with Crippen LogP contribution in [0.3, 0.4) is 0 Å². The third-order valence-electron chi connectivity index (χ3n) is 6.52. The summed E-state index contributed by atoms with van der Waals surface area (Å²) in [7, 11) is 0. The van der Waals surface area contributed by atoms with Crippen molar-refractivity contribution >= 4 is 6.08 Å². The van der Waals surface area contributed by atoms with Crippen LogP contribution in [0.5, 0.6) is 0 Å². The Hall–Kier alpha value is -1.18. The molecule has 3 rings (SSSR count). The van der Waals surface area contributed by atoms with Crippen LogP contribution >= 0.6 is 0 Å². The fourth-order valence-electron chi connectivity index (χ4n) is 5.08. The van der Waals surface area contributed by atoms with E-state index in [1.807, 2.05) is 6.08 Å². The molecule has 0 N–H and O–H groups in total. The lowest BCUT2D eigenvalue weighted by Gasteiger charge is -2.37. The Balaban J connectivity index is 1.45. The lowest BCUT2D eigenvalue weighted by atomic mass is 9.68. The second-order valence-electron chi connectivity index (χ2n) is 8.31. The minimum Gasteiger partial charge on any atom is -0.207 e. The molecular weight excluding hydrogens is 314 g/mol. The zero-order valence-corrected chi connectivity index (χ0v) is 15.5. The van der Waals surface area contributed by atoms with Crippen LogP contribution in [0.1, 0.15) is 76.7 Å². The van der Waals surface area contributed by atoms with E-state index >= 15 is 0 Å². The van der Waals surface area contributed by atoms with Crippen molar-refractivity contribution in [3.8, 4) is 0 Å². The van der Waals surface area contributed by atoms with E-state index < -0.39 is 11.6 Å². The molecule has 1 aromatic rings. The van der Waals surface area contributed by atoms with Gasteiger partial charge in [-0.25, -0.2) is 8.78 Å². The number of rotatable bonds is 5. The van der Waals surface area contributed by atoms with Gasteiger partial charge in [0, 0.05) is 6.07 Å². The molecule has 0 unspecified atom stereocenters. The van der Waals surface area contributed by atoms with E-state index in [-0.39, 0.29) is 0 Å². The summed E-state index contributed by atoms with van der Waals surface area (Å²) in [6.45, 7) is 2.30. The minimum absolute atomic E-state index is 0.498. The van der Waals surface area contributed by atoms with Crippen LogP contribution in [-0.2, 0) is 0 Å². The van der Waals surface area contributed by atoms with E-state index in [4.69, 9.17) is 0 Å². The first-order valence-electron chi connectivity index (χ1n) is 10.3. The third kappa shape index (κ3) is 5.39. The first-order chi connectivity index (χ1) is 12.1. The van der Waals surface area contributed by atoms with Gasteiger partial charge in [0.05, 0.1) is 0 Å². The van der Waals surface area contributed by atoms with Crippen molar-refractivity contribution in [1.29, 1.82) is 0 Å². The van der Waals surface area contributed by atoms with Crippen LogP contribution in [0.4, 0.5) is 8.78 Å². The van der Waals surface area contributed by atoms with Gasteiger partial charge in [0.15, 0.2) is 0 Å². The molecule has 138 valence electrons. The topological polar surface area (TPSA) is 0 Å². The lowest BCUT2D eigenvalue weighted by molar-refractivity contribution is 0.152. The molecule has 0 aromatic heterocycles. The monoisotopic (exact) mass is 346 g/mol. The highest BCUT2D eigenvalue weighted by molar-refractivity contribution is 5.49. The number of hydrogen-bond donors (Lipinski definition) is 0. The first kappa shape index (κ1) is 18.6. The molecule has 2 aliphatic carbocycles. The average molecular weight is 347 g/mol. The Morgan fingerprint density at radius 3 is 1.96 bits per heavy atom. The van der Waals surface area contributed by atoms with Gasteiger partial charge in [-0.15, -0.1) is 0 Å². The highest BCUT2D eigenvalue weighted by atomic mass is 19.1. The van der Waals surface area contributed by atoms with Crippen molar-refractivity contribution in [2.75, 3.05) is 0 Å². The average Bonchev–Trinajstić information content (AvgIpc) is 2.61. The van der Waals surface area contributed by atoms with E-state index in [9.17, 15) is 8.78 Å². The van der Waals surface area contributed by atoms with Crippen LogP contribution in [0, 0.1) is 35.3 Å². The van der Waals surface area contributed by atoms with Crippen LogP contribution in [0.25, 0.3) is 6.08 Å². The lowest BCUT2D eigenvalue weighted by Crippen LogP contribution is -2.25. The van der Waals surface area contributed by atoms with Gasteiger partial charge in [-0.2, -0.15) is 0 Å². The highest BCUT2D eigenvalue weighted by Crippen LogP contribution is 2.42. The molecule has 0 saturated heterocycles. The quantitative estimate of drug-likeness (QED) is 0.521. The predicted octanol–water partition coefficient (Wildman–Crippen LogP) is 7.39. The summed E-state index contributed by atoms with van der Waals surface area (Å²) in [6, 6.07) is 3.73. The zero-order valence-electron chi connectivity index (χ0n) is 15.5. The number of allylic oxidation sites excluding steroid dienone is 1. The predicted molar refractivity (Wildman–Crippen MR) is 101 cm³/mol. The van der Waals surface area contributed by atoms with Crippen molar-refractivity contribution in [2.45, 2.75) is 71.1 Å². The molecule has 0 nitrogen and oxygen atoms in total. The van der Waals surface area contributed by atoms with Crippen molar-refractivity contribution < 1.29 is 8.78 Å². The molecule has 0 radical (unpaired) electrons. The summed E-state index contributed by atoms with van der Waals surface area (Å²) < 4.78 is 26.5. The third-order valence-corrected chi connectivity index (χ3v) is 6.52. The van der Waals surface area contributed by atoms with E-state index in [1.165, 1.54) is 76.3 Å². The Morgan fingerprint density at radius 1 is 0.840 bits per heavy atom. The van der Waals surface area contributed by atoms with E-state index in [1.54, 1.807) is 0 Å². The highest BCUT2D eigenvalue weighted by Gasteiger charge is 2.29. The number of halogens is 2. The second-order valence-corrected chi connectivity index (χ2v) is 8.31. The normalized spacial score (nSPS) is 30.7. The molecule has 0 spiro atoms. The summed E-state index contributed by atoms with van der Waals surface area (Å²) in [4.78, 5) is 0. The van der Waals surface area contributed by atoms with Crippen LogP contribution < -0.4 is 0 Å². The second kappa shape index (κ2) is 8.96. The van der Waals surface area contributed by atoms with Crippen LogP contribution in [-0.4, -0.2) is 0 Å². The number of benzene rings is 1. The van der Waals surface area contributed by atoms with Crippen molar-refractivity contribution in [2.24, 2.45) is 23.7 Å². The molecule has 0 atom stereocenters. The van der Waals surface area contributed by atoms with Gasteiger partial charge < -0.3 is 0 Å². The Labute approximate surface area is 151 Å². The molecule has 2 heteroatoms. The molecule has 1 aromatic carbocycles. The Morgan fingerprint density at radius 2 is 1.40 bits per heavy atom. The molecule has 0 bridgehead atoms. The maximum absolute atomic E-state index is 13.3. The maximum Gasteiger partial charge on any atom is 0.126 e. The van der Waals surface area contributed by atoms with E-state index in [2.05, 4.69) is 13.0 Å². The standard InChI is InChI=1S/C23H32F2/c1-2-3-17-6-10-20(11-7-17)21-12-8-18(9-13-21)4-5-19-14-22(24)16-23(25)15-19/h4-5,14-18,20-21H,2-3,6-13H2,1H3.